The van der Waals surface area contributed by atoms with Gasteiger partial charge in [0.1, 0.15) is 9.88 Å². The molecule has 5 heteroatoms. The zero-order valence-corrected chi connectivity index (χ0v) is 8.49. The van der Waals surface area contributed by atoms with E-state index < -0.39 is 5.97 Å². The van der Waals surface area contributed by atoms with Crippen LogP contribution < -0.4 is 5.73 Å². The molecule has 0 aliphatic carbocycles. The number of nitrogens with two attached hydrogens (primary N) is 1. The molecule has 0 bridgehead atoms. The molecule has 0 fully saturated rings. The molecule has 1 aromatic heterocycles. The number of nitrogen functional groups attached to an aromatic ring is 1. The van der Waals surface area contributed by atoms with E-state index in [2.05, 4.69) is 4.98 Å². The Morgan fingerprint density at radius 2 is 2.00 bits per heavy atom. The summed E-state index contributed by atoms with van der Waals surface area (Å²) in [4.78, 5) is 14.9. The summed E-state index contributed by atoms with van der Waals surface area (Å²) in [7, 11) is 0. The zero-order valence-electron chi connectivity index (χ0n) is 7.68. The number of anilines is 1. The quantitative estimate of drug-likeness (QED) is 0.760. The molecule has 0 aliphatic rings. The Bertz CT molecular complexity index is 490. The van der Waals surface area contributed by atoms with E-state index in [9.17, 15) is 4.79 Å². The molecule has 0 atom stereocenters. The average Bonchev–Trinajstić information content (AvgIpc) is 2.68. The van der Waals surface area contributed by atoms with Crippen molar-refractivity contribution in [1.29, 1.82) is 0 Å². The van der Waals surface area contributed by atoms with Gasteiger partial charge in [0.15, 0.2) is 0 Å². The topological polar surface area (TPSA) is 76.2 Å². The molecule has 0 unspecified atom stereocenters. The lowest BCUT2D eigenvalue weighted by atomic mass is 10.2. The maximum atomic E-state index is 10.7. The van der Waals surface area contributed by atoms with E-state index in [-0.39, 0.29) is 4.88 Å². The number of rotatable bonds is 2. The summed E-state index contributed by atoms with van der Waals surface area (Å²) in [5.41, 5.74) is 7.10. The fourth-order valence-electron chi connectivity index (χ4n) is 1.13. The van der Waals surface area contributed by atoms with Crippen molar-refractivity contribution in [2.24, 2.45) is 0 Å². The molecule has 1 heterocycles. The Hall–Kier alpha value is -1.88. The largest absolute Gasteiger partial charge is 0.477 e. The molecule has 76 valence electrons. The first kappa shape index (κ1) is 9.67. The molecule has 4 nitrogen and oxygen atoms in total. The summed E-state index contributed by atoms with van der Waals surface area (Å²) in [6, 6.07) is 7.16. The lowest BCUT2D eigenvalue weighted by molar-refractivity contribution is 0.0702. The highest BCUT2D eigenvalue weighted by molar-refractivity contribution is 7.16. The molecule has 0 saturated carbocycles. The first-order valence-electron chi connectivity index (χ1n) is 4.22. The second-order valence-electron chi connectivity index (χ2n) is 2.96. The van der Waals surface area contributed by atoms with Crippen LogP contribution in [0.5, 0.6) is 0 Å². The smallest absolute Gasteiger partial charge is 0.347 e. The van der Waals surface area contributed by atoms with Gasteiger partial charge in [-0.25, -0.2) is 9.78 Å². The molecule has 2 rings (SSSR count). The third-order valence-corrected chi connectivity index (χ3v) is 2.91. The minimum absolute atomic E-state index is 0.238. The number of carboxylic acids is 1. The van der Waals surface area contributed by atoms with E-state index >= 15 is 0 Å². The summed E-state index contributed by atoms with van der Waals surface area (Å²) in [5.74, 6) is -0.950. The van der Waals surface area contributed by atoms with Crippen molar-refractivity contribution in [2.75, 3.05) is 5.73 Å². The van der Waals surface area contributed by atoms with Gasteiger partial charge < -0.3 is 10.8 Å². The highest BCUT2D eigenvalue weighted by Crippen LogP contribution is 2.25. The zero-order chi connectivity index (χ0) is 10.8. The van der Waals surface area contributed by atoms with Crippen LogP contribution in [0.4, 0.5) is 5.69 Å². The summed E-state index contributed by atoms with van der Waals surface area (Å²) in [6.07, 6.45) is 1.36. The predicted octanol–water partition coefficient (Wildman–Crippen LogP) is 2.09. The van der Waals surface area contributed by atoms with Crippen LogP contribution in [0.2, 0.25) is 0 Å². The predicted molar refractivity (Wildman–Crippen MR) is 58.9 cm³/mol. The molecule has 0 aliphatic heterocycles. The van der Waals surface area contributed by atoms with Crippen LogP contribution in [0.25, 0.3) is 10.6 Å². The van der Waals surface area contributed by atoms with Crippen molar-refractivity contribution < 1.29 is 9.90 Å². The van der Waals surface area contributed by atoms with Gasteiger partial charge in [0.25, 0.3) is 0 Å². The third kappa shape index (κ3) is 1.97. The molecule has 2 aromatic rings. The number of thiazole rings is 1. The van der Waals surface area contributed by atoms with Crippen molar-refractivity contribution in [3.8, 4) is 10.6 Å². The SMILES string of the molecule is Nc1ccc(-c2ncc(C(=O)O)s2)cc1. The maximum Gasteiger partial charge on any atom is 0.347 e. The van der Waals surface area contributed by atoms with Gasteiger partial charge in [-0.05, 0) is 24.3 Å². The lowest BCUT2D eigenvalue weighted by Crippen LogP contribution is -1.89. The fraction of sp³-hybridized carbons (Fsp3) is 0. The minimum atomic E-state index is -0.950. The first-order valence-corrected chi connectivity index (χ1v) is 5.03. The van der Waals surface area contributed by atoms with Crippen LogP contribution in [-0.2, 0) is 0 Å². The molecule has 3 N–H and O–H groups in total. The van der Waals surface area contributed by atoms with Crippen LogP contribution >= 0.6 is 11.3 Å². The second kappa shape index (κ2) is 3.70. The molecule has 0 amide bonds. The van der Waals surface area contributed by atoms with Crippen LogP contribution in [0, 0.1) is 0 Å². The number of aromatic nitrogens is 1. The maximum absolute atomic E-state index is 10.7. The Morgan fingerprint density at radius 1 is 1.33 bits per heavy atom. The lowest BCUT2D eigenvalue weighted by Gasteiger charge is -1.95. The summed E-state index contributed by atoms with van der Waals surface area (Å²) in [5, 5.41) is 9.43. The monoisotopic (exact) mass is 220 g/mol. The van der Waals surface area contributed by atoms with Crippen LogP contribution in [-0.4, -0.2) is 16.1 Å². The minimum Gasteiger partial charge on any atom is -0.477 e. The second-order valence-corrected chi connectivity index (χ2v) is 3.99. The van der Waals surface area contributed by atoms with E-state index in [4.69, 9.17) is 10.8 Å². The summed E-state index contributed by atoms with van der Waals surface area (Å²) < 4.78 is 0. The fourth-order valence-corrected chi connectivity index (χ4v) is 1.89. The van der Waals surface area contributed by atoms with E-state index in [1.165, 1.54) is 6.20 Å². The molecule has 0 spiro atoms. The highest BCUT2D eigenvalue weighted by atomic mass is 32.1. The van der Waals surface area contributed by atoms with Crippen molar-refractivity contribution in [3.05, 3.63) is 35.3 Å². The normalized spacial score (nSPS) is 10.1. The van der Waals surface area contributed by atoms with Gasteiger partial charge in [0.05, 0.1) is 6.20 Å². The molecular weight excluding hydrogens is 212 g/mol. The number of aromatic carboxylic acids is 1. The standard InChI is InChI=1S/C10H8N2O2S/c11-7-3-1-6(2-4-7)9-12-5-8(15-9)10(13)14/h1-5H,11H2,(H,13,14). The van der Waals surface area contributed by atoms with Gasteiger partial charge in [0.2, 0.25) is 0 Å². The summed E-state index contributed by atoms with van der Waals surface area (Å²) in [6.45, 7) is 0. The van der Waals surface area contributed by atoms with Crippen molar-refractivity contribution in [2.45, 2.75) is 0 Å². The van der Waals surface area contributed by atoms with Gasteiger partial charge in [-0.2, -0.15) is 0 Å². The summed E-state index contributed by atoms with van der Waals surface area (Å²) >= 11 is 1.15. The number of benzene rings is 1. The molecule has 1 aromatic carbocycles. The Balaban J connectivity index is 2.37. The molecule has 0 radical (unpaired) electrons. The Kier molecular flexibility index (Phi) is 2.39. The van der Waals surface area contributed by atoms with E-state index in [1.807, 2.05) is 12.1 Å². The van der Waals surface area contributed by atoms with Gasteiger partial charge in [-0.15, -0.1) is 11.3 Å². The first-order chi connectivity index (χ1) is 7.16. The number of hydrogen-bond donors (Lipinski definition) is 2. The molecule has 15 heavy (non-hydrogen) atoms. The van der Waals surface area contributed by atoms with E-state index in [0.29, 0.717) is 10.7 Å². The average molecular weight is 220 g/mol. The van der Waals surface area contributed by atoms with Gasteiger partial charge in [0, 0.05) is 11.3 Å². The number of nitrogens with zero attached hydrogens (tertiary/aromatic N) is 1. The van der Waals surface area contributed by atoms with Crippen LogP contribution in [0.15, 0.2) is 30.5 Å². The van der Waals surface area contributed by atoms with Crippen molar-refractivity contribution >= 4 is 23.0 Å². The Morgan fingerprint density at radius 3 is 2.53 bits per heavy atom. The van der Waals surface area contributed by atoms with Crippen molar-refractivity contribution in [3.63, 3.8) is 0 Å². The van der Waals surface area contributed by atoms with E-state index in [1.54, 1.807) is 12.1 Å². The van der Waals surface area contributed by atoms with Gasteiger partial charge >= 0.3 is 5.97 Å². The molecule has 0 saturated heterocycles. The van der Waals surface area contributed by atoms with Gasteiger partial charge in [-0.3, -0.25) is 0 Å². The third-order valence-electron chi connectivity index (χ3n) is 1.87. The van der Waals surface area contributed by atoms with E-state index in [0.717, 1.165) is 16.9 Å². The number of hydrogen-bond acceptors (Lipinski definition) is 4. The number of carbonyl (C=O) groups is 1. The van der Waals surface area contributed by atoms with Gasteiger partial charge in [-0.1, -0.05) is 0 Å². The highest BCUT2D eigenvalue weighted by Gasteiger charge is 2.09. The van der Waals surface area contributed by atoms with Crippen LogP contribution in [0.3, 0.4) is 0 Å². The molecular formula is C10H8N2O2S. The van der Waals surface area contributed by atoms with Crippen LogP contribution in [0.1, 0.15) is 9.67 Å². The Labute approximate surface area is 90.0 Å². The number of carboxylic acid groups (broad SMARTS) is 1. The van der Waals surface area contributed by atoms with Crippen molar-refractivity contribution in [1.82, 2.24) is 4.98 Å².